The first-order chi connectivity index (χ1) is 11.2. The lowest BCUT2D eigenvalue weighted by molar-refractivity contribution is -0.0245. The van der Waals surface area contributed by atoms with E-state index in [2.05, 4.69) is 26.0 Å². The highest BCUT2D eigenvalue weighted by Crippen LogP contribution is 2.37. The van der Waals surface area contributed by atoms with Gasteiger partial charge in [-0.2, -0.15) is 0 Å². The van der Waals surface area contributed by atoms with E-state index >= 15 is 0 Å². The molecule has 1 aliphatic rings. The van der Waals surface area contributed by atoms with Crippen LogP contribution in [-0.2, 0) is 0 Å². The third-order valence-corrected chi connectivity index (χ3v) is 5.22. The van der Waals surface area contributed by atoms with E-state index in [1.807, 2.05) is 12.1 Å². The summed E-state index contributed by atoms with van der Waals surface area (Å²) in [6.45, 7) is 4.46. The van der Waals surface area contributed by atoms with Crippen molar-refractivity contribution in [3.05, 3.63) is 29.8 Å². The molecule has 1 saturated carbocycles. The Morgan fingerprint density at radius 1 is 1.00 bits per heavy atom. The number of aliphatic hydroxyl groups excluding tert-OH is 1. The van der Waals surface area contributed by atoms with Crippen molar-refractivity contribution in [2.75, 3.05) is 0 Å². The van der Waals surface area contributed by atoms with Crippen LogP contribution in [0.1, 0.15) is 89.5 Å². The van der Waals surface area contributed by atoms with Gasteiger partial charge in [0.05, 0.1) is 0 Å². The zero-order valence-electron chi connectivity index (χ0n) is 15.0. The van der Waals surface area contributed by atoms with Crippen LogP contribution >= 0.6 is 0 Å². The van der Waals surface area contributed by atoms with Gasteiger partial charge in [0, 0.05) is 6.42 Å². The van der Waals surface area contributed by atoms with Crippen LogP contribution in [-0.4, -0.2) is 11.4 Å². The van der Waals surface area contributed by atoms with Crippen LogP contribution in [0.5, 0.6) is 5.75 Å². The molecule has 0 spiro atoms. The van der Waals surface area contributed by atoms with Crippen LogP contribution in [0.15, 0.2) is 24.3 Å². The molecule has 1 aromatic carbocycles. The monoisotopic (exact) mass is 318 g/mol. The van der Waals surface area contributed by atoms with E-state index in [1.165, 1.54) is 50.5 Å². The summed E-state index contributed by atoms with van der Waals surface area (Å²) in [5.74, 6) is 2.46. The first kappa shape index (κ1) is 18.3. The molecule has 1 N–H and O–H groups in total. The van der Waals surface area contributed by atoms with Gasteiger partial charge in [-0.3, -0.25) is 0 Å². The van der Waals surface area contributed by atoms with Crippen LogP contribution in [0, 0.1) is 5.92 Å². The van der Waals surface area contributed by atoms with E-state index in [-0.39, 0.29) is 0 Å². The minimum Gasteiger partial charge on any atom is -0.465 e. The molecule has 2 heteroatoms. The molecule has 1 atom stereocenters. The fourth-order valence-electron chi connectivity index (χ4n) is 3.80. The van der Waals surface area contributed by atoms with E-state index in [0.717, 1.165) is 30.9 Å². The lowest BCUT2D eigenvalue weighted by Crippen LogP contribution is -2.15. The Labute approximate surface area is 142 Å². The molecule has 23 heavy (non-hydrogen) atoms. The van der Waals surface area contributed by atoms with Crippen molar-refractivity contribution in [3.63, 3.8) is 0 Å². The smallest absolute Gasteiger partial charge is 0.197 e. The Kier molecular flexibility index (Phi) is 7.94. The van der Waals surface area contributed by atoms with E-state index in [4.69, 9.17) is 4.74 Å². The summed E-state index contributed by atoms with van der Waals surface area (Å²) in [5, 5.41) is 9.90. The molecular weight excluding hydrogens is 284 g/mol. The highest BCUT2D eigenvalue weighted by molar-refractivity contribution is 5.29. The highest BCUT2D eigenvalue weighted by atomic mass is 16.6. The Morgan fingerprint density at radius 2 is 1.70 bits per heavy atom. The normalized spacial score (nSPS) is 22.7. The van der Waals surface area contributed by atoms with Crippen molar-refractivity contribution in [1.29, 1.82) is 0 Å². The van der Waals surface area contributed by atoms with Gasteiger partial charge in [-0.25, -0.2) is 0 Å². The summed E-state index contributed by atoms with van der Waals surface area (Å²) in [6, 6.07) is 8.44. The second-order valence-corrected chi connectivity index (χ2v) is 7.14. The summed E-state index contributed by atoms with van der Waals surface area (Å²) in [4.78, 5) is 0. The third kappa shape index (κ3) is 6.18. The molecule has 0 saturated heterocycles. The molecule has 1 unspecified atom stereocenters. The minimum atomic E-state index is -0.670. The van der Waals surface area contributed by atoms with Crippen molar-refractivity contribution < 1.29 is 9.84 Å². The summed E-state index contributed by atoms with van der Waals surface area (Å²) in [5.41, 5.74) is 1.44. The summed E-state index contributed by atoms with van der Waals surface area (Å²) in [6.07, 6.45) is 11.5. The third-order valence-electron chi connectivity index (χ3n) is 5.22. The summed E-state index contributed by atoms with van der Waals surface area (Å²) >= 11 is 0. The lowest BCUT2D eigenvalue weighted by Gasteiger charge is -2.28. The van der Waals surface area contributed by atoms with Crippen LogP contribution in [0.3, 0.4) is 0 Å². The average molecular weight is 319 g/mol. The van der Waals surface area contributed by atoms with Gasteiger partial charge in [0.25, 0.3) is 0 Å². The van der Waals surface area contributed by atoms with Crippen molar-refractivity contribution in [3.8, 4) is 5.75 Å². The zero-order valence-corrected chi connectivity index (χ0v) is 15.0. The lowest BCUT2D eigenvalue weighted by atomic mass is 9.77. The molecule has 0 heterocycles. The second kappa shape index (κ2) is 9.97. The number of benzene rings is 1. The van der Waals surface area contributed by atoms with E-state index in [0.29, 0.717) is 5.92 Å². The molecule has 130 valence electrons. The number of ether oxygens (including phenoxy) is 1. The van der Waals surface area contributed by atoms with Crippen LogP contribution in [0.4, 0.5) is 0 Å². The maximum absolute atomic E-state index is 9.90. The van der Waals surface area contributed by atoms with Crippen molar-refractivity contribution in [1.82, 2.24) is 0 Å². The fourth-order valence-corrected chi connectivity index (χ4v) is 3.80. The van der Waals surface area contributed by atoms with Gasteiger partial charge in [0.15, 0.2) is 6.29 Å². The second-order valence-electron chi connectivity index (χ2n) is 7.14. The topological polar surface area (TPSA) is 29.5 Å². The van der Waals surface area contributed by atoms with Gasteiger partial charge < -0.3 is 9.84 Å². The van der Waals surface area contributed by atoms with Crippen LogP contribution in [0.2, 0.25) is 0 Å². The molecule has 0 amide bonds. The first-order valence-corrected chi connectivity index (χ1v) is 9.67. The number of rotatable bonds is 9. The predicted octanol–water partition coefficient (Wildman–Crippen LogP) is 6.04. The number of hydrogen-bond acceptors (Lipinski definition) is 2. The standard InChI is InChI=1S/C21H34O2/c1-3-5-6-8-21(22)23-20-15-13-19(14-16-20)18-11-9-17(7-4-2)10-12-18/h13-18,21-22H,3-12H2,1-2H3. The maximum atomic E-state index is 9.90. The van der Waals surface area contributed by atoms with Gasteiger partial charge in [0.1, 0.15) is 5.75 Å². The number of hydrogen-bond donors (Lipinski definition) is 1. The molecule has 0 radical (unpaired) electrons. The Morgan fingerprint density at radius 3 is 2.30 bits per heavy atom. The molecule has 0 bridgehead atoms. The largest absolute Gasteiger partial charge is 0.465 e. The van der Waals surface area contributed by atoms with Gasteiger partial charge in [-0.1, -0.05) is 51.7 Å². The van der Waals surface area contributed by atoms with Crippen LogP contribution in [0.25, 0.3) is 0 Å². The van der Waals surface area contributed by atoms with E-state index < -0.39 is 6.29 Å². The van der Waals surface area contributed by atoms with Crippen molar-refractivity contribution >= 4 is 0 Å². The molecule has 2 rings (SSSR count). The average Bonchev–Trinajstić information content (AvgIpc) is 2.57. The van der Waals surface area contributed by atoms with Crippen molar-refractivity contribution in [2.24, 2.45) is 5.92 Å². The Bertz CT molecular complexity index is 418. The highest BCUT2D eigenvalue weighted by Gasteiger charge is 2.21. The van der Waals surface area contributed by atoms with Gasteiger partial charge in [-0.15, -0.1) is 0 Å². The maximum Gasteiger partial charge on any atom is 0.197 e. The minimum absolute atomic E-state index is 0.670. The fraction of sp³-hybridized carbons (Fsp3) is 0.714. The first-order valence-electron chi connectivity index (χ1n) is 9.67. The Balaban J connectivity index is 1.78. The number of aliphatic hydroxyl groups is 1. The van der Waals surface area contributed by atoms with Gasteiger partial charge in [-0.05, 0) is 61.6 Å². The molecule has 1 aromatic rings. The molecule has 1 fully saturated rings. The Hall–Kier alpha value is -1.02. The predicted molar refractivity (Wildman–Crippen MR) is 96.8 cm³/mol. The SMILES string of the molecule is CCCCCC(O)Oc1ccc(C2CCC(CCC)CC2)cc1. The quantitative estimate of drug-likeness (QED) is 0.444. The molecule has 1 aliphatic carbocycles. The van der Waals surface area contributed by atoms with E-state index in [1.54, 1.807) is 0 Å². The summed E-state index contributed by atoms with van der Waals surface area (Å²) in [7, 11) is 0. The van der Waals surface area contributed by atoms with E-state index in [9.17, 15) is 5.11 Å². The molecule has 0 aromatic heterocycles. The number of unbranched alkanes of at least 4 members (excludes halogenated alkanes) is 2. The molecular formula is C21H34O2. The van der Waals surface area contributed by atoms with Crippen molar-refractivity contribution in [2.45, 2.75) is 90.3 Å². The zero-order chi connectivity index (χ0) is 16.5. The molecule has 2 nitrogen and oxygen atoms in total. The summed E-state index contributed by atoms with van der Waals surface area (Å²) < 4.78 is 5.61. The molecule has 0 aliphatic heterocycles. The van der Waals surface area contributed by atoms with Gasteiger partial charge in [0.2, 0.25) is 0 Å². The van der Waals surface area contributed by atoms with Gasteiger partial charge >= 0.3 is 0 Å². The van der Waals surface area contributed by atoms with Crippen LogP contribution < -0.4 is 4.74 Å².